The van der Waals surface area contributed by atoms with Crippen LogP contribution >= 0.6 is 0 Å². The average Bonchev–Trinajstić information content (AvgIpc) is 2.92. The van der Waals surface area contributed by atoms with Crippen molar-refractivity contribution in [3.05, 3.63) is 96.3 Å². The second-order valence-corrected chi connectivity index (χ2v) is 11.2. The van der Waals surface area contributed by atoms with E-state index < -0.39 is 34.3 Å². The van der Waals surface area contributed by atoms with Crippen LogP contribution in [0.1, 0.15) is 32.8 Å². The van der Waals surface area contributed by atoms with Crippen molar-refractivity contribution in [2.45, 2.75) is 44.7 Å². The molecule has 1 N–H and O–H groups in total. The number of rotatable bonds is 12. The molecule has 0 aliphatic heterocycles. The monoisotopic (exact) mass is 539 g/mol. The Bertz CT molecular complexity index is 1300. The van der Waals surface area contributed by atoms with Crippen LogP contribution in [0, 0.1) is 11.7 Å². The number of nitrogens with one attached hydrogen (secondary N) is 1. The number of amides is 2. The molecule has 0 saturated heterocycles. The van der Waals surface area contributed by atoms with E-state index in [-0.39, 0.29) is 29.0 Å². The maximum absolute atomic E-state index is 13.9. The Morgan fingerprint density at radius 3 is 2.03 bits per heavy atom. The first-order chi connectivity index (χ1) is 18.1. The van der Waals surface area contributed by atoms with E-state index in [1.807, 2.05) is 51.1 Å². The van der Waals surface area contributed by atoms with E-state index in [1.165, 1.54) is 29.2 Å². The van der Waals surface area contributed by atoms with Crippen LogP contribution in [0.5, 0.6) is 0 Å². The Kier molecular flexibility index (Phi) is 10.0. The number of anilines is 1. The molecule has 0 fully saturated rings. The van der Waals surface area contributed by atoms with Gasteiger partial charge in [-0.2, -0.15) is 0 Å². The van der Waals surface area contributed by atoms with Crippen LogP contribution < -0.4 is 9.62 Å². The van der Waals surface area contributed by atoms with E-state index in [0.29, 0.717) is 13.0 Å². The maximum Gasteiger partial charge on any atom is 0.264 e. The molecule has 0 aromatic heterocycles. The van der Waals surface area contributed by atoms with Crippen molar-refractivity contribution in [3.63, 3.8) is 0 Å². The zero-order valence-corrected chi connectivity index (χ0v) is 22.7. The third kappa shape index (κ3) is 7.41. The van der Waals surface area contributed by atoms with Gasteiger partial charge in [0.05, 0.1) is 10.6 Å². The Morgan fingerprint density at radius 2 is 1.47 bits per heavy atom. The van der Waals surface area contributed by atoms with Gasteiger partial charge < -0.3 is 10.2 Å². The molecule has 7 nitrogen and oxygen atoms in total. The van der Waals surface area contributed by atoms with Gasteiger partial charge in [-0.1, -0.05) is 69.3 Å². The molecule has 2 amide bonds. The van der Waals surface area contributed by atoms with Crippen molar-refractivity contribution in [1.82, 2.24) is 10.2 Å². The second kappa shape index (κ2) is 13.2. The smallest absolute Gasteiger partial charge is 0.264 e. The highest BCUT2D eigenvalue weighted by atomic mass is 32.2. The summed E-state index contributed by atoms with van der Waals surface area (Å²) >= 11 is 0. The van der Waals surface area contributed by atoms with Crippen molar-refractivity contribution in [2.75, 3.05) is 17.4 Å². The van der Waals surface area contributed by atoms with Gasteiger partial charge in [-0.15, -0.1) is 0 Å². The lowest BCUT2D eigenvalue weighted by molar-refractivity contribution is -0.140. The topological polar surface area (TPSA) is 86.8 Å². The molecule has 9 heteroatoms. The highest BCUT2D eigenvalue weighted by Gasteiger charge is 2.33. The molecule has 3 aromatic carbocycles. The van der Waals surface area contributed by atoms with Crippen LogP contribution in [-0.4, -0.2) is 44.3 Å². The number of nitrogens with zero attached hydrogens (tertiary/aromatic N) is 2. The van der Waals surface area contributed by atoms with Crippen LogP contribution in [0.15, 0.2) is 89.8 Å². The number of sulfonamides is 1. The minimum atomic E-state index is -4.18. The summed E-state index contributed by atoms with van der Waals surface area (Å²) in [6.45, 7) is 5.77. The van der Waals surface area contributed by atoms with Gasteiger partial charge in [-0.05, 0) is 54.3 Å². The molecule has 0 aliphatic rings. The Balaban J connectivity index is 2.01. The van der Waals surface area contributed by atoms with Crippen LogP contribution in [0.25, 0.3) is 0 Å². The summed E-state index contributed by atoms with van der Waals surface area (Å²) in [6.07, 6.45) is 0.338. The number of carbonyl (C=O) groups is 2. The molecule has 0 saturated carbocycles. The van der Waals surface area contributed by atoms with Gasteiger partial charge >= 0.3 is 0 Å². The molecule has 0 bridgehead atoms. The molecule has 38 heavy (non-hydrogen) atoms. The molecule has 0 unspecified atom stereocenters. The molecular weight excluding hydrogens is 505 g/mol. The summed E-state index contributed by atoms with van der Waals surface area (Å²) < 4.78 is 42.0. The van der Waals surface area contributed by atoms with Crippen LogP contribution in [0.4, 0.5) is 10.1 Å². The first kappa shape index (κ1) is 28.8. The summed E-state index contributed by atoms with van der Waals surface area (Å²) in [5.41, 5.74) is 0.941. The van der Waals surface area contributed by atoms with Gasteiger partial charge in [-0.25, -0.2) is 12.8 Å². The Labute approximate surface area is 224 Å². The van der Waals surface area contributed by atoms with Gasteiger partial charge in [-0.3, -0.25) is 13.9 Å². The Morgan fingerprint density at radius 1 is 0.895 bits per heavy atom. The number of carbonyl (C=O) groups excluding carboxylic acids is 2. The fourth-order valence-electron chi connectivity index (χ4n) is 3.98. The predicted molar refractivity (Wildman–Crippen MR) is 146 cm³/mol. The predicted octanol–water partition coefficient (Wildman–Crippen LogP) is 4.60. The van der Waals surface area contributed by atoms with Crippen molar-refractivity contribution in [3.8, 4) is 0 Å². The first-order valence-corrected chi connectivity index (χ1v) is 14.0. The van der Waals surface area contributed by atoms with Crippen LogP contribution in [0.2, 0.25) is 0 Å². The second-order valence-electron chi connectivity index (χ2n) is 9.37. The molecular formula is C29H34FN3O4S. The third-order valence-corrected chi connectivity index (χ3v) is 7.78. The summed E-state index contributed by atoms with van der Waals surface area (Å²) in [5, 5.41) is 2.90. The van der Waals surface area contributed by atoms with Crippen molar-refractivity contribution in [2.24, 2.45) is 5.92 Å². The number of halogens is 1. The lowest BCUT2D eigenvalue weighted by Crippen LogP contribution is -2.52. The molecule has 0 heterocycles. The lowest BCUT2D eigenvalue weighted by atomic mass is 10.1. The summed E-state index contributed by atoms with van der Waals surface area (Å²) in [7, 11) is -4.18. The van der Waals surface area contributed by atoms with Gasteiger partial charge in [0.15, 0.2) is 0 Å². The number of hydrogen-bond acceptors (Lipinski definition) is 4. The van der Waals surface area contributed by atoms with E-state index in [4.69, 9.17) is 0 Å². The quantitative estimate of drug-likeness (QED) is 0.365. The van der Waals surface area contributed by atoms with E-state index in [2.05, 4.69) is 5.32 Å². The molecule has 1 atom stereocenters. The molecule has 202 valence electrons. The minimum absolute atomic E-state index is 0.00606. The average molecular weight is 540 g/mol. The zero-order chi connectivity index (χ0) is 27.7. The van der Waals surface area contributed by atoms with Crippen LogP contribution in [-0.2, 0) is 26.2 Å². The zero-order valence-electron chi connectivity index (χ0n) is 21.9. The highest BCUT2D eigenvalue weighted by Crippen LogP contribution is 2.25. The minimum Gasteiger partial charge on any atom is -0.354 e. The van der Waals surface area contributed by atoms with Crippen molar-refractivity contribution in [1.29, 1.82) is 0 Å². The van der Waals surface area contributed by atoms with E-state index in [1.54, 1.807) is 18.2 Å². The number of benzene rings is 3. The number of hydrogen-bond donors (Lipinski definition) is 1. The third-order valence-electron chi connectivity index (χ3n) is 5.99. The molecule has 0 aliphatic carbocycles. The molecule has 0 radical (unpaired) electrons. The molecule has 3 rings (SSSR count). The summed E-state index contributed by atoms with van der Waals surface area (Å²) in [6, 6.07) is 21.1. The summed E-state index contributed by atoms with van der Waals surface area (Å²) in [5.74, 6) is -1.16. The van der Waals surface area contributed by atoms with Crippen LogP contribution in [0.3, 0.4) is 0 Å². The van der Waals surface area contributed by atoms with Crippen molar-refractivity contribution >= 4 is 27.5 Å². The van der Waals surface area contributed by atoms with Crippen molar-refractivity contribution < 1.29 is 22.4 Å². The van der Waals surface area contributed by atoms with Gasteiger partial charge in [0.2, 0.25) is 11.8 Å². The lowest BCUT2D eigenvalue weighted by Gasteiger charge is -2.33. The van der Waals surface area contributed by atoms with E-state index >= 15 is 0 Å². The fraction of sp³-hybridized carbons (Fsp3) is 0.310. The first-order valence-electron chi connectivity index (χ1n) is 12.6. The fourth-order valence-corrected chi connectivity index (χ4v) is 5.41. The SMILES string of the molecule is CC[C@H](C(=O)NCC(C)C)N(Cc1ccccc1)C(=O)CN(c1ccc(F)cc1)S(=O)(=O)c1ccccc1. The highest BCUT2D eigenvalue weighted by molar-refractivity contribution is 7.92. The molecule has 0 spiro atoms. The largest absolute Gasteiger partial charge is 0.354 e. The maximum atomic E-state index is 13.9. The molecule has 3 aromatic rings. The van der Waals surface area contributed by atoms with Gasteiger partial charge in [0.25, 0.3) is 10.0 Å². The van der Waals surface area contributed by atoms with Gasteiger partial charge in [0, 0.05) is 13.1 Å². The summed E-state index contributed by atoms with van der Waals surface area (Å²) in [4.78, 5) is 28.4. The van der Waals surface area contributed by atoms with E-state index in [9.17, 15) is 22.4 Å². The standard InChI is InChI=1S/C29H34FN3O4S/c1-4-27(29(35)31-19-22(2)3)32(20-23-11-7-5-8-12-23)28(34)21-33(25-17-15-24(30)16-18-25)38(36,37)26-13-9-6-10-14-26/h5-18,22,27H,4,19-21H2,1-3H3,(H,31,35)/t27-/m1/s1. The van der Waals surface area contributed by atoms with E-state index in [0.717, 1.165) is 22.0 Å². The Hall–Kier alpha value is -3.72. The normalized spacial score (nSPS) is 12.1. The van der Waals surface area contributed by atoms with Gasteiger partial charge in [0.1, 0.15) is 18.4 Å².